The van der Waals surface area contributed by atoms with Gasteiger partial charge in [0.2, 0.25) is 11.8 Å². The van der Waals surface area contributed by atoms with Crippen LogP contribution in [0.5, 0.6) is 5.75 Å². The number of aryl methyl sites for hydroxylation is 1. The Morgan fingerprint density at radius 1 is 1.04 bits per heavy atom. The van der Waals surface area contributed by atoms with E-state index in [0.29, 0.717) is 35.0 Å². The molecule has 0 spiro atoms. The maximum Gasteiger partial charge on any atom is 0.240 e. The maximum atomic E-state index is 12.6. The van der Waals surface area contributed by atoms with Crippen molar-refractivity contribution in [1.29, 1.82) is 0 Å². The average molecular weight is 359 g/mol. The highest BCUT2D eigenvalue weighted by Gasteiger charge is 2.56. The van der Waals surface area contributed by atoms with Gasteiger partial charge in [0, 0.05) is 16.4 Å². The number of nitrogens with one attached hydrogen (secondary N) is 2. The molecule has 0 atom stereocenters. The molecule has 1 aliphatic carbocycles. The molecule has 0 aliphatic heterocycles. The SMILES string of the molecule is COc1ccc(NC(=O)C2(C(=O)Nc3ccc(Cl)cc3C)CC2)cc1. The van der Waals surface area contributed by atoms with Crippen molar-refractivity contribution in [2.24, 2.45) is 5.41 Å². The van der Waals surface area contributed by atoms with Crippen LogP contribution in [-0.2, 0) is 9.59 Å². The summed E-state index contributed by atoms with van der Waals surface area (Å²) in [5.74, 6) is 0.126. The van der Waals surface area contributed by atoms with E-state index in [2.05, 4.69) is 10.6 Å². The number of carbonyl (C=O) groups is 2. The smallest absolute Gasteiger partial charge is 0.240 e. The maximum absolute atomic E-state index is 12.6. The van der Waals surface area contributed by atoms with Gasteiger partial charge in [-0.15, -0.1) is 0 Å². The quantitative estimate of drug-likeness (QED) is 0.793. The largest absolute Gasteiger partial charge is 0.497 e. The van der Waals surface area contributed by atoms with Crippen molar-refractivity contribution < 1.29 is 14.3 Å². The number of hydrogen-bond acceptors (Lipinski definition) is 3. The van der Waals surface area contributed by atoms with Crippen LogP contribution in [0, 0.1) is 12.3 Å². The lowest BCUT2D eigenvalue weighted by atomic mass is 10.0. The zero-order chi connectivity index (χ0) is 18.0. The molecule has 0 aromatic heterocycles. The van der Waals surface area contributed by atoms with Crippen LogP contribution in [0.15, 0.2) is 42.5 Å². The highest BCUT2D eigenvalue weighted by Crippen LogP contribution is 2.47. The molecule has 2 aromatic rings. The van der Waals surface area contributed by atoms with Crippen LogP contribution in [0.4, 0.5) is 11.4 Å². The Morgan fingerprint density at radius 3 is 2.24 bits per heavy atom. The molecule has 2 N–H and O–H groups in total. The molecule has 0 bridgehead atoms. The molecular formula is C19H19ClN2O3. The van der Waals surface area contributed by atoms with Crippen molar-refractivity contribution >= 4 is 34.8 Å². The summed E-state index contributed by atoms with van der Waals surface area (Å²) in [6.45, 7) is 1.86. The molecule has 5 nitrogen and oxygen atoms in total. The van der Waals surface area contributed by atoms with Crippen LogP contribution < -0.4 is 15.4 Å². The third-order valence-electron chi connectivity index (χ3n) is 4.40. The molecule has 25 heavy (non-hydrogen) atoms. The lowest BCUT2D eigenvalue weighted by Gasteiger charge is -2.16. The van der Waals surface area contributed by atoms with Crippen LogP contribution in [-0.4, -0.2) is 18.9 Å². The summed E-state index contributed by atoms with van der Waals surface area (Å²) < 4.78 is 5.09. The van der Waals surface area contributed by atoms with Gasteiger partial charge in [0.1, 0.15) is 11.2 Å². The predicted octanol–water partition coefficient (Wildman–Crippen LogP) is 4.01. The summed E-state index contributed by atoms with van der Waals surface area (Å²) in [6, 6.07) is 12.2. The Labute approximate surface area is 151 Å². The van der Waals surface area contributed by atoms with Crippen LogP contribution in [0.3, 0.4) is 0 Å². The fourth-order valence-corrected chi connectivity index (χ4v) is 2.84. The summed E-state index contributed by atoms with van der Waals surface area (Å²) in [5.41, 5.74) is 1.14. The molecule has 0 radical (unpaired) electrons. The number of carbonyl (C=O) groups excluding carboxylic acids is 2. The first-order valence-electron chi connectivity index (χ1n) is 7.98. The first kappa shape index (κ1) is 17.3. The molecule has 130 valence electrons. The van der Waals surface area contributed by atoms with Gasteiger partial charge in [0.05, 0.1) is 7.11 Å². The summed E-state index contributed by atoms with van der Waals surface area (Å²) in [6.07, 6.45) is 1.07. The summed E-state index contributed by atoms with van der Waals surface area (Å²) in [4.78, 5) is 25.2. The van der Waals surface area contributed by atoms with Crippen molar-refractivity contribution in [3.63, 3.8) is 0 Å². The standard InChI is InChI=1S/C19H19ClN2O3/c1-12-11-13(20)3-8-16(12)22-18(24)19(9-10-19)17(23)21-14-4-6-15(25-2)7-5-14/h3-8,11H,9-10H2,1-2H3,(H,21,23)(H,22,24). The molecule has 2 amide bonds. The van der Waals surface area contributed by atoms with Crippen LogP contribution in [0.1, 0.15) is 18.4 Å². The molecule has 0 unspecified atom stereocenters. The zero-order valence-corrected chi connectivity index (χ0v) is 14.8. The van der Waals surface area contributed by atoms with E-state index in [1.54, 1.807) is 49.6 Å². The fourth-order valence-electron chi connectivity index (χ4n) is 2.62. The van der Waals surface area contributed by atoms with E-state index in [1.807, 2.05) is 6.92 Å². The molecule has 2 aromatic carbocycles. The van der Waals surface area contributed by atoms with Crippen LogP contribution in [0.25, 0.3) is 0 Å². The highest BCUT2D eigenvalue weighted by molar-refractivity contribution is 6.30. The number of benzene rings is 2. The van der Waals surface area contributed by atoms with Gasteiger partial charge in [-0.3, -0.25) is 9.59 Å². The van der Waals surface area contributed by atoms with Gasteiger partial charge in [-0.1, -0.05) is 11.6 Å². The Kier molecular flexibility index (Phi) is 4.68. The average Bonchev–Trinajstić information content (AvgIpc) is 3.40. The van der Waals surface area contributed by atoms with Gasteiger partial charge in [0.25, 0.3) is 0 Å². The van der Waals surface area contributed by atoms with Gasteiger partial charge >= 0.3 is 0 Å². The Hall–Kier alpha value is -2.53. The van der Waals surface area contributed by atoms with E-state index in [4.69, 9.17) is 16.3 Å². The Morgan fingerprint density at radius 2 is 1.68 bits per heavy atom. The topological polar surface area (TPSA) is 67.4 Å². The van der Waals surface area contributed by atoms with E-state index < -0.39 is 5.41 Å². The summed E-state index contributed by atoms with van der Waals surface area (Å²) >= 11 is 5.93. The minimum absolute atomic E-state index is 0.288. The van der Waals surface area contributed by atoms with Gasteiger partial charge in [-0.2, -0.15) is 0 Å². The lowest BCUT2D eigenvalue weighted by Crippen LogP contribution is -2.35. The second-order valence-corrected chi connectivity index (χ2v) is 6.61. The van der Waals surface area contributed by atoms with Crippen LogP contribution >= 0.6 is 11.6 Å². The fraction of sp³-hybridized carbons (Fsp3) is 0.263. The molecule has 6 heteroatoms. The number of rotatable bonds is 5. The third-order valence-corrected chi connectivity index (χ3v) is 4.64. The van der Waals surface area contributed by atoms with E-state index in [9.17, 15) is 9.59 Å². The minimum atomic E-state index is -1.01. The van der Waals surface area contributed by atoms with E-state index in [1.165, 1.54) is 0 Å². The number of anilines is 2. The monoisotopic (exact) mass is 358 g/mol. The first-order valence-corrected chi connectivity index (χ1v) is 8.35. The van der Waals surface area contributed by atoms with Crippen molar-refractivity contribution in [2.75, 3.05) is 17.7 Å². The number of methoxy groups -OCH3 is 1. The second-order valence-electron chi connectivity index (χ2n) is 6.18. The first-order chi connectivity index (χ1) is 11.9. The molecule has 0 heterocycles. The van der Waals surface area contributed by atoms with E-state index in [0.717, 1.165) is 5.56 Å². The third kappa shape index (κ3) is 3.61. The van der Waals surface area contributed by atoms with E-state index >= 15 is 0 Å². The second kappa shape index (κ2) is 6.76. The van der Waals surface area contributed by atoms with Crippen molar-refractivity contribution in [3.05, 3.63) is 53.1 Å². The van der Waals surface area contributed by atoms with Gasteiger partial charge < -0.3 is 15.4 Å². The van der Waals surface area contributed by atoms with Crippen molar-refractivity contribution in [3.8, 4) is 5.75 Å². The van der Waals surface area contributed by atoms with Gasteiger partial charge in [-0.25, -0.2) is 0 Å². The Balaban J connectivity index is 1.69. The van der Waals surface area contributed by atoms with Crippen molar-refractivity contribution in [1.82, 2.24) is 0 Å². The molecule has 1 aliphatic rings. The Bertz CT molecular complexity index is 814. The molecule has 1 fully saturated rings. The molecule has 1 saturated carbocycles. The normalized spacial score (nSPS) is 14.5. The van der Waals surface area contributed by atoms with E-state index in [-0.39, 0.29) is 11.8 Å². The molecule has 3 rings (SSSR count). The summed E-state index contributed by atoms with van der Waals surface area (Å²) in [5, 5.41) is 6.26. The highest BCUT2D eigenvalue weighted by atomic mass is 35.5. The minimum Gasteiger partial charge on any atom is -0.497 e. The zero-order valence-electron chi connectivity index (χ0n) is 14.1. The summed E-state index contributed by atoms with van der Waals surface area (Å²) in [7, 11) is 1.58. The number of hydrogen-bond donors (Lipinski definition) is 2. The number of halogens is 1. The predicted molar refractivity (Wildman–Crippen MR) is 98.1 cm³/mol. The van der Waals surface area contributed by atoms with Crippen LogP contribution in [0.2, 0.25) is 5.02 Å². The molecule has 0 saturated heterocycles. The lowest BCUT2D eigenvalue weighted by molar-refractivity contribution is -0.131. The number of ether oxygens (including phenoxy) is 1. The van der Waals surface area contributed by atoms with Gasteiger partial charge in [-0.05, 0) is 67.8 Å². The number of amides is 2. The van der Waals surface area contributed by atoms with Crippen molar-refractivity contribution in [2.45, 2.75) is 19.8 Å². The molecular weight excluding hydrogens is 340 g/mol. The van der Waals surface area contributed by atoms with Gasteiger partial charge in [0.15, 0.2) is 0 Å².